The summed E-state index contributed by atoms with van der Waals surface area (Å²) in [4.78, 5) is 22.4. The van der Waals surface area contributed by atoms with Crippen molar-refractivity contribution in [2.75, 3.05) is 11.9 Å². The second-order valence-electron chi connectivity index (χ2n) is 4.80. The van der Waals surface area contributed by atoms with E-state index in [1.165, 1.54) is 6.07 Å². The second kappa shape index (κ2) is 7.56. The minimum atomic E-state index is -0.752. The summed E-state index contributed by atoms with van der Waals surface area (Å²) in [6, 6.07) is 1.86. The number of carbonyl (C=O) groups is 1. The molecule has 0 bridgehead atoms. The van der Waals surface area contributed by atoms with E-state index >= 15 is 0 Å². The first kappa shape index (κ1) is 16.9. The highest BCUT2D eigenvalue weighted by atomic mass is 19.1. The van der Waals surface area contributed by atoms with Crippen LogP contribution in [0.25, 0.3) is 0 Å². The molecule has 1 amide bonds. The fraction of sp³-hybridized carbons (Fsp3) is 0.500. The molecule has 0 saturated heterocycles. The predicted molar refractivity (Wildman–Crippen MR) is 79.1 cm³/mol. The lowest BCUT2D eigenvalue weighted by molar-refractivity contribution is -0.385. The van der Waals surface area contributed by atoms with Gasteiger partial charge < -0.3 is 10.6 Å². The Bertz CT molecular complexity index is 534. The molecule has 0 aliphatic carbocycles. The summed E-state index contributed by atoms with van der Waals surface area (Å²) < 4.78 is 13.7. The number of benzene rings is 1. The first-order valence-corrected chi connectivity index (χ1v) is 6.93. The molecule has 0 heterocycles. The van der Waals surface area contributed by atoms with E-state index in [2.05, 4.69) is 10.6 Å². The lowest BCUT2D eigenvalue weighted by atomic mass is 10.1. The third-order valence-corrected chi connectivity index (χ3v) is 2.99. The number of amides is 1. The quantitative estimate of drug-likeness (QED) is 0.598. The average Bonchev–Trinajstić information content (AvgIpc) is 2.40. The van der Waals surface area contributed by atoms with Crippen molar-refractivity contribution < 1.29 is 14.1 Å². The van der Waals surface area contributed by atoms with Gasteiger partial charge in [0.25, 0.3) is 11.6 Å². The third kappa shape index (κ3) is 4.40. The molecule has 6 nitrogen and oxygen atoms in total. The van der Waals surface area contributed by atoms with Crippen molar-refractivity contribution >= 4 is 17.3 Å². The van der Waals surface area contributed by atoms with Crippen LogP contribution in [0.15, 0.2) is 12.1 Å². The van der Waals surface area contributed by atoms with E-state index in [0.717, 1.165) is 18.9 Å². The number of hydrogen-bond donors (Lipinski definition) is 2. The Balaban J connectivity index is 3.15. The molecule has 0 aliphatic rings. The molecule has 1 atom stereocenters. The average molecular weight is 297 g/mol. The van der Waals surface area contributed by atoms with E-state index in [1.807, 2.05) is 13.8 Å². The number of nitrogens with one attached hydrogen (secondary N) is 2. The van der Waals surface area contributed by atoms with Crippen molar-refractivity contribution in [3.63, 3.8) is 0 Å². The summed E-state index contributed by atoms with van der Waals surface area (Å²) >= 11 is 0. The van der Waals surface area contributed by atoms with E-state index in [0.29, 0.717) is 6.54 Å². The number of halogens is 1. The highest BCUT2D eigenvalue weighted by Gasteiger charge is 2.24. The predicted octanol–water partition coefficient (Wildman–Crippen LogP) is 3.08. The summed E-state index contributed by atoms with van der Waals surface area (Å²) in [6.45, 7) is 6.01. The fourth-order valence-electron chi connectivity index (χ4n) is 2.03. The van der Waals surface area contributed by atoms with E-state index < -0.39 is 22.3 Å². The number of carbonyl (C=O) groups excluding carboxylic acids is 1. The Kier molecular flexibility index (Phi) is 6.08. The zero-order valence-corrected chi connectivity index (χ0v) is 12.4. The number of nitro benzene ring substituents is 1. The van der Waals surface area contributed by atoms with Crippen LogP contribution < -0.4 is 10.6 Å². The first-order chi connectivity index (χ1) is 9.90. The minimum Gasteiger partial charge on any atom is -0.383 e. The van der Waals surface area contributed by atoms with Gasteiger partial charge in [0, 0.05) is 12.6 Å². The second-order valence-corrected chi connectivity index (χ2v) is 4.80. The number of nitro groups is 1. The van der Waals surface area contributed by atoms with Gasteiger partial charge in [0.05, 0.1) is 16.7 Å². The molecule has 2 N–H and O–H groups in total. The van der Waals surface area contributed by atoms with Crippen molar-refractivity contribution in [3.8, 4) is 0 Å². The molecule has 1 aromatic carbocycles. The van der Waals surface area contributed by atoms with Gasteiger partial charge >= 0.3 is 0 Å². The van der Waals surface area contributed by atoms with Crippen LogP contribution in [0.1, 0.15) is 44.0 Å². The highest BCUT2D eigenvalue weighted by Crippen LogP contribution is 2.26. The molecule has 21 heavy (non-hydrogen) atoms. The van der Waals surface area contributed by atoms with E-state index in [-0.39, 0.29) is 17.3 Å². The fourth-order valence-corrected chi connectivity index (χ4v) is 2.03. The first-order valence-electron chi connectivity index (χ1n) is 6.93. The SMILES string of the molecule is CCCC(C)NC(=O)c1cc(NCC)c(F)cc1[N+](=O)[O-]. The van der Waals surface area contributed by atoms with E-state index in [4.69, 9.17) is 0 Å². The van der Waals surface area contributed by atoms with Gasteiger partial charge in [-0.3, -0.25) is 14.9 Å². The lowest BCUT2D eigenvalue weighted by Crippen LogP contribution is -2.32. The molecule has 1 rings (SSSR count). The summed E-state index contributed by atoms with van der Waals surface area (Å²) in [5.41, 5.74) is -0.591. The maximum Gasteiger partial charge on any atom is 0.285 e. The van der Waals surface area contributed by atoms with Crippen molar-refractivity contribution in [1.82, 2.24) is 5.32 Å². The van der Waals surface area contributed by atoms with Crippen LogP contribution >= 0.6 is 0 Å². The molecule has 116 valence electrons. The smallest absolute Gasteiger partial charge is 0.285 e. The molecular formula is C14H20FN3O3. The Morgan fingerprint density at radius 3 is 2.62 bits per heavy atom. The summed E-state index contributed by atoms with van der Waals surface area (Å²) in [6.07, 6.45) is 1.65. The van der Waals surface area contributed by atoms with Crippen molar-refractivity contribution in [2.45, 2.75) is 39.7 Å². The third-order valence-electron chi connectivity index (χ3n) is 2.99. The van der Waals surface area contributed by atoms with Crippen LogP contribution in [0, 0.1) is 15.9 Å². The summed E-state index contributed by atoms with van der Waals surface area (Å²) in [5, 5.41) is 16.4. The zero-order valence-electron chi connectivity index (χ0n) is 12.4. The summed E-state index contributed by atoms with van der Waals surface area (Å²) in [5.74, 6) is -1.32. The Hall–Kier alpha value is -2.18. The van der Waals surface area contributed by atoms with Crippen LogP contribution in [-0.4, -0.2) is 23.4 Å². The van der Waals surface area contributed by atoms with Gasteiger partial charge in [-0.2, -0.15) is 0 Å². The number of anilines is 1. The number of rotatable bonds is 7. The van der Waals surface area contributed by atoms with Gasteiger partial charge in [0.2, 0.25) is 0 Å². The molecule has 0 spiro atoms. The maximum atomic E-state index is 13.7. The van der Waals surface area contributed by atoms with E-state index in [9.17, 15) is 19.3 Å². The monoisotopic (exact) mass is 297 g/mol. The van der Waals surface area contributed by atoms with Crippen LogP contribution in [0.3, 0.4) is 0 Å². The van der Waals surface area contributed by atoms with Crippen molar-refractivity contribution in [1.29, 1.82) is 0 Å². The van der Waals surface area contributed by atoms with E-state index in [1.54, 1.807) is 6.92 Å². The summed E-state index contributed by atoms with van der Waals surface area (Å²) in [7, 11) is 0. The molecule has 0 fully saturated rings. The zero-order chi connectivity index (χ0) is 16.0. The molecule has 0 aromatic heterocycles. The van der Waals surface area contributed by atoms with Gasteiger partial charge in [-0.15, -0.1) is 0 Å². The lowest BCUT2D eigenvalue weighted by Gasteiger charge is -2.14. The number of hydrogen-bond acceptors (Lipinski definition) is 4. The van der Waals surface area contributed by atoms with Crippen LogP contribution in [0.2, 0.25) is 0 Å². The Morgan fingerprint density at radius 2 is 2.10 bits per heavy atom. The maximum absolute atomic E-state index is 13.7. The van der Waals surface area contributed by atoms with Gasteiger partial charge in [0.1, 0.15) is 5.56 Å². The van der Waals surface area contributed by atoms with Gasteiger partial charge in [-0.25, -0.2) is 4.39 Å². The van der Waals surface area contributed by atoms with Crippen LogP contribution in [-0.2, 0) is 0 Å². The Labute approximate surface area is 122 Å². The van der Waals surface area contributed by atoms with Crippen molar-refractivity contribution in [3.05, 3.63) is 33.6 Å². The topological polar surface area (TPSA) is 84.3 Å². The highest BCUT2D eigenvalue weighted by molar-refractivity contribution is 5.99. The molecule has 0 radical (unpaired) electrons. The molecule has 1 unspecified atom stereocenters. The largest absolute Gasteiger partial charge is 0.383 e. The van der Waals surface area contributed by atoms with Crippen LogP contribution in [0.4, 0.5) is 15.8 Å². The minimum absolute atomic E-state index is 0.0800. The molecular weight excluding hydrogens is 277 g/mol. The molecule has 7 heteroatoms. The van der Waals surface area contributed by atoms with Gasteiger partial charge in [-0.05, 0) is 26.3 Å². The molecule has 0 saturated carbocycles. The number of nitrogens with zero attached hydrogens (tertiary/aromatic N) is 1. The molecule has 1 aromatic rings. The standard InChI is InChI=1S/C14H20FN3O3/c1-4-6-9(3)17-14(19)10-7-12(16-5-2)11(15)8-13(10)18(20)21/h7-9,16H,4-6H2,1-3H3,(H,17,19). The normalized spacial score (nSPS) is 11.8. The Morgan fingerprint density at radius 1 is 1.43 bits per heavy atom. The van der Waals surface area contributed by atoms with Crippen molar-refractivity contribution in [2.24, 2.45) is 0 Å². The molecule has 0 aliphatic heterocycles. The van der Waals surface area contributed by atoms with Crippen LogP contribution in [0.5, 0.6) is 0 Å². The van der Waals surface area contributed by atoms with Gasteiger partial charge in [-0.1, -0.05) is 13.3 Å². The van der Waals surface area contributed by atoms with Gasteiger partial charge in [0.15, 0.2) is 5.82 Å².